The number of aromatic nitrogens is 1. The van der Waals surface area contributed by atoms with E-state index in [-0.39, 0.29) is 23.9 Å². The number of unbranched alkanes of at least 4 members (excludes halogenated alkanes) is 2. The Labute approximate surface area is 189 Å². The minimum atomic E-state index is -0.0631. The highest BCUT2D eigenvalue weighted by Crippen LogP contribution is 2.27. The molecule has 1 saturated heterocycles. The molecule has 0 aliphatic carbocycles. The number of hydrogen-bond donors (Lipinski definition) is 1. The van der Waals surface area contributed by atoms with Gasteiger partial charge in [0.05, 0.1) is 5.39 Å². The van der Waals surface area contributed by atoms with Crippen molar-refractivity contribution in [2.24, 2.45) is 0 Å². The van der Waals surface area contributed by atoms with E-state index in [1.165, 1.54) is 25.7 Å². The van der Waals surface area contributed by atoms with Crippen LogP contribution in [0.15, 0.2) is 58.0 Å². The molecular weight excluding hydrogens is 412 g/mol. The molecule has 2 aromatic heterocycles. The Kier molecular flexibility index (Phi) is 8.50. The van der Waals surface area contributed by atoms with E-state index in [4.69, 9.17) is 9.15 Å². The lowest BCUT2D eigenvalue weighted by Crippen LogP contribution is -2.45. The molecule has 2 unspecified atom stereocenters. The third-order valence-electron chi connectivity index (χ3n) is 5.84. The van der Waals surface area contributed by atoms with Crippen LogP contribution in [0.2, 0.25) is 0 Å². The lowest BCUT2D eigenvalue weighted by atomic mass is 9.96. The molecule has 1 N–H and O–H groups in total. The standard InChI is InChI=1S/C25H30N2O3.ClH/c1-2-3-4-8-24(21-7-5-6-13-27-21)29-19-9-10-23-20(16-19)22(28)17-25(30-23)18-11-14-26-15-12-18;/h9-12,14-17,21,24,27H,2-8,13H2,1H3;1H. The number of pyridine rings is 1. The largest absolute Gasteiger partial charge is 0.489 e. The van der Waals surface area contributed by atoms with E-state index in [1.807, 2.05) is 30.3 Å². The number of halogens is 1. The maximum atomic E-state index is 12.8. The van der Waals surface area contributed by atoms with Gasteiger partial charge in [0.25, 0.3) is 0 Å². The molecule has 3 heterocycles. The molecule has 5 nitrogen and oxygen atoms in total. The lowest BCUT2D eigenvalue weighted by molar-refractivity contribution is 0.125. The summed E-state index contributed by atoms with van der Waals surface area (Å²) in [6.45, 7) is 3.27. The molecule has 0 saturated carbocycles. The van der Waals surface area contributed by atoms with Gasteiger partial charge in [0.1, 0.15) is 23.2 Å². The van der Waals surface area contributed by atoms with Crippen molar-refractivity contribution in [3.8, 4) is 17.1 Å². The van der Waals surface area contributed by atoms with Crippen LogP contribution in [-0.4, -0.2) is 23.7 Å². The average molecular weight is 443 g/mol. The van der Waals surface area contributed by atoms with Gasteiger partial charge >= 0.3 is 0 Å². The van der Waals surface area contributed by atoms with Crippen molar-refractivity contribution in [2.45, 2.75) is 64.0 Å². The van der Waals surface area contributed by atoms with Crippen molar-refractivity contribution >= 4 is 23.4 Å². The first-order valence-electron chi connectivity index (χ1n) is 11.1. The van der Waals surface area contributed by atoms with Gasteiger partial charge < -0.3 is 14.5 Å². The van der Waals surface area contributed by atoms with Crippen molar-refractivity contribution in [1.82, 2.24) is 10.3 Å². The molecule has 1 aliphatic heterocycles. The summed E-state index contributed by atoms with van der Waals surface area (Å²) < 4.78 is 12.4. The van der Waals surface area contributed by atoms with E-state index in [9.17, 15) is 4.79 Å². The van der Waals surface area contributed by atoms with Crippen LogP contribution in [0.5, 0.6) is 5.75 Å². The number of ether oxygens (including phenoxy) is 1. The first-order chi connectivity index (χ1) is 14.7. The summed E-state index contributed by atoms with van der Waals surface area (Å²) in [6, 6.07) is 11.2. The summed E-state index contributed by atoms with van der Waals surface area (Å²) in [5.41, 5.74) is 1.34. The van der Waals surface area contributed by atoms with E-state index < -0.39 is 0 Å². The van der Waals surface area contributed by atoms with Crippen molar-refractivity contribution < 1.29 is 9.15 Å². The fourth-order valence-electron chi connectivity index (χ4n) is 4.18. The summed E-state index contributed by atoms with van der Waals surface area (Å²) in [7, 11) is 0. The monoisotopic (exact) mass is 442 g/mol. The van der Waals surface area contributed by atoms with Crippen molar-refractivity contribution in [1.29, 1.82) is 0 Å². The first-order valence-corrected chi connectivity index (χ1v) is 11.1. The predicted molar refractivity (Wildman–Crippen MR) is 127 cm³/mol. The second kappa shape index (κ2) is 11.3. The van der Waals surface area contributed by atoms with Crippen LogP contribution in [0.25, 0.3) is 22.3 Å². The zero-order valence-corrected chi connectivity index (χ0v) is 18.8. The quantitative estimate of drug-likeness (QED) is 0.450. The summed E-state index contributed by atoms with van der Waals surface area (Å²) in [6.07, 6.45) is 11.7. The maximum Gasteiger partial charge on any atom is 0.193 e. The molecule has 2 atom stereocenters. The maximum absolute atomic E-state index is 12.8. The van der Waals surface area contributed by atoms with Gasteiger partial charge in [0.15, 0.2) is 5.43 Å². The van der Waals surface area contributed by atoms with E-state index in [2.05, 4.69) is 17.2 Å². The van der Waals surface area contributed by atoms with Gasteiger partial charge in [-0.15, -0.1) is 12.4 Å². The van der Waals surface area contributed by atoms with Crippen molar-refractivity contribution in [3.63, 3.8) is 0 Å². The highest BCUT2D eigenvalue weighted by molar-refractivity contribution is 5.85. The van der Waals surface area contributed by atoms with Gasteiger partial charge in [-0.2, -0.15) is 0 Å². The van der Waals surface area contributed by atoms with Crippen LogP contribution in [0.1, 0.15) is 51.9 Å². The highest BCUT2D eigenvalue weighted by Gasteiger charge is 2.25. The number of hydrogen-bond acceptors (Lipinski definition) is 5. The normalized spacial score (nSPS) is 17.1. The third-order valence-corrected chi connectivity index (χ3v) is 5.84. The lowest BCUT2D eigenvalue weighted by Gasteiger charge is -2.32. The molecule has 0 spiro atoms. The van der Waals surface area contributed by atoms with Crippen LogP contribution >= 0.6 is 12.4 Å². The van der Waals surface area contributed by atoms with Crippen LogP contribution in [-0.2, 0) is 0 Å². The Morgan fingerprint density at radius 3 is 2.74 bits per heavy atom. The number of fused-ring (bicyclic) bond motifs is 1. The number of piperidine rings is 1. The summed E-state index contributed by atoms with van der Waals surface area (Å²) in [5.74, 6) is 1.28. The van der Waals surface area contributed by atoms with Gasteiger partial charge in [-0.05, 0) is 62.6 Å². The molecule has 31 heavy (non-hydrogen) atoms. The minimum Gasteiger partial charge on any atom is -0.489 e. The molecule has 1 aliphatic rings. The molecule has 1 aromatic carbocycles. The zero-order valence-electron chi connectivity index (χ0n) is 18.0. The van der Waals surface area contributed by atoms with Crippen molar-refractivity contribution in [2.75, 3.05) is 6.54 Å². The Morgan fingerprint density at radius 2 is 2.00 bits per heavy atom. The number of benzene rings is 1. The minimum absolute atomic E-state index is 0. The molecule has 4 rings (SSSR count). The van der Waals surface area contributed by atoms with Crippen LogP contribution in [0.4, 0.5) is 0 Å². The fourth-order valence-corrected chi connectivity index (χ4v) is 4.18. The molecule has 0 amide bonds. The first kappa shape index (κ1) is 23.3. The molecule has 6 heteroatoms. The van der Waals surface area contributed by atoms with E-state index in [0.29, 0.717) is 22.8 Å². The Bertz CT molecular complexity index is 1020. The van der Waals surface area contributed by atoms with Gasteiger partial charge in [-0.25, -0.2) is 0 Å². The Balaban J connectivity index is 0.00000272. The molecule has 0 radical (unpaired) electrons. The number of nitrogens with one attached hydrogen (secondary N) is 1. The third kappa shape index (κ3) is 5.86. The second-order valence-electron chi connectivity index (χ2n) is 8.08. The average Bonchev–Trinajstić information content (AvgIpc) is 2.80. The van der Waals surface area contributed by atoms with Gasteiger partial charge in [0, 0.05) is 30.1 Å². The van der Waals surface area contributed by atoms with Crippen LogP contribution < -0.4 is 15.5 Å². The van der Waals surface area contributed by atoms with E-state index in [0.717, 1.165) is 37.1 Å². The Morgan fingerprint density at radius 1 is 1.16 bits per heavy atom. The van der Waals surface area contributed by atoms with Gasteiger partial charge in [-0.3, -0.25) is 9.78 Å². The molecular formula is C25H31ClN2O3. The fraction of sp³-hybridized carbons (Fsp3) is 0.440. The van der Waals surface area contributed by atoms with Crippen molar-refractivity contribution in [3.05, 3.63) is 59.0 Å². The van der Waals surface area contributed by atoms with Crippen LogP contribution in [0, 0.1) is 0 Å². The molecule has 3 aromatic rings. The van der Waals surface area contributed by atoms with E-state index >= 15 is 0 Å². The van der Waals surface area contributed by atoms with Gasteiger partial charge in [0.2, 0.25) is 0 Å². The second-order valence-corrected chi connectivity index (χ2v) is 8.08. The molecule has 1 fully saturated rings. The smallest absolute Gasteiger partial charge is 0.193 e. The van der Waals surface area contributed by atoms with E-state index in [1.54, 1.807) is 18.5 Å². The Hall–Kier alpha value is -2.37. The predicted octanol–water partition coefficient (Wildman–Crippen LogP) is 5.75. The number of nitrogens with zero attached hydrogens (tertiary/aromatic N) is 1. The summed E-state index contributed by atoms with van der Waals surface area (Å²) >= 11 is 0. The van der Waals surface area contributed by atoms with Crippen LogP contribution in [0.3, 0.4) is 0 Å². The summed E-state index contributed by atoms with van der Waals surface area (Å²) in [4.78, 5) is 16.8. The summed E-state index contributed by atoms with van der Waals surface area (Å²) in [5, 5.41) is 4.18. The number of rotatable bonds is 8. The molecule has 166 valence electrons. The SMILES string of the molecule is CCCCCC(Oc1ccc2oc(-c3ccncc3)cc(=O)c2c1)C1CCCCN1.Cl. The highest BCUT2D eigenvalue weighted by atomic mass is 35.5. The van der Waals surface area contributed by atoms with Gasteiger partial charge in [-0.1, -0.05) is 26.2 Å². The zero-order chi connectivity index (χ0) is 20.8. The molecule has 0 bridgehead atoms. The topological polar surface area (TPSA) is 64.4 Å².